The van der Waals surface area contributed by atoms with E-state index >= 15 is 0 Å². The van der Waals surface area contributed by atoms with Gasteiger partial charge >= 0.3 is 0 Å². The Morgan fingerprint density at radius 1 is 1.42 bits per heavy atom. The van der Waals surface area contributed by atoms with E-state index in [1.807, 2.05) is 22.6 Å². The van der Waals surface area contributed by atoms with Gasteiger partial charge in [-0.25, -0.2) is 0 Å². The molecule has 1 fully saturated rings. The van der Waals surface area contributed by atoms with Crippen molar-refractivity contribution in [3.63, 3.8) is 0 Å². The minimum Gasteiger partial charge on any atom is -0.506 e. The van der Waals surface area contributed by atoms with Crippen LogP contribution in [0.4, 0.5) is 5.69 Å². The molecule has 5 nitrogen and oxygen atoms in total. The number of benzene rings is 2. The van der Waals surface area contributed by atoms with Gasteiger partial charge in [-0.3, -0.25) is 4.79 Å². The summed E-state index contributed by atoms with van der Waals surface area (Å²) in [5, 5.41) is 16.8. The van der Waals surface area contributed by atoms with Crippen LogP contribution in [0.2, 0.25) is 5.02 Å². The second-order valence-electron chi connectivity index (χ2n) is 5.29. The van der Waals surface area contributed by atoms with Crippen LogP contribution >= 0.6 is 61.9 Å². The number of methoxy groups -OCH3 is 1. The Morgan fingerprint density at radius 2 is 2.19 bits per heavy atom. The Labute approximate surface area is 181 Å². The Bertz CT molecular complexity index is 910. The zero-order valence-corrected chi connectivity index (χ0v) is 18.7. The van der Waals surface area contributed by atoms with Gasteiger partial charge in [-0.15, -0.1) is 0 Å². The van der Waals surface area contributed by atoms with Crippen molar-refractivity contribution in [3.8, 4) is 11.5 Å². The lowest BCUT2D eigenvalue weighted by Crippen LogP contribution is -2.31. The predicted molar refractivity (Wildman–Crippen MR) is 118 cm³/mol. The third-order valence-corrected chi connectivity index (χ3v) is 6.07. The van der Waals surface area contributed by atoms with Crippen molar-refractivity contribution < 1.29 is 14.6 Å². The number of phenolic OH excluding ortho intramolecular Hbond substituents is 1. The molecule has 0 saturated carbocycles. The number of halogens is 3. The molecule has 0 spiro atoms. The molecule has 0 aliphatic carbocycles. The molecule has 2 aromatic carbocycles. The molecule has 2 aromatic rings. The van der Waals surface area contributed by atoms with Crippen LogP contribution in [0.15, 0.2) is 39.7 Å². The van der Waals surface area contributed by atoms with Crippen molar-refractivity contribution >= 4 is 79.6 Å². The summed E-state index contributed by atoms with van der Waals surface area (Å²) in [6.07, 6.45) is 1.67. The van der Waals surface area contributed by atoms with Crippen molar-refractivity contribution in [2.75, 3.05) is 12.4 Å². The number of thioether (sulfide) groups is 1. The van der Waals surface area contributed by atoms with Gasteiger partial charge in [0.25, 0.3) is 5.91 Å². The van der Waals surface area contributed by atoms with Crippen LogP contribution in [0.1, 0.15) is 5.56 Å². The number of hydrogen-bond donors (Lipinski definition) is 3. The van der Waals surface area contributed by atoms with E-state index in [-0.39, 0.29) is 17.2 Å². The normalized spacial score (nSPS) is 18.1. The molecule has 0 aromatic heterocycles. The second-order valence-corrected chi connectivity index (χ2v) is 8.96. The van der Waals surface area contributed by atoms with E-state index in [4.69, 9.17) is 16.3 Å². The maximum absolute atomic E-state index is 12.3. The van der Waals surface area contributed by atoms with Gasteiger partial charge in [0.1, 0.15) is 11.5 Å². The van der Waals surface area contributed by atoms with Gasteiger partial charge < -0.3 is 20.5 Å². The van der Waals surface area contributed by atoms with Gasteiger partial charge in [-0.1, -0.05) is 39.3 Å². The third-order valence-electron chi connectivity index (χ3n) is 3.52. The quantitative estimate of drug-likeness (QED) is 0.358. The molecule has 0 radical (unpaired) electrons. The van der Waals surface area contributed by atoms with E-state index in [9.17, 15) is 9.90 Å². The van der Waals surface area contributed by atoms with E-state index in [1.165, 1.54) is 11.8 Å². The maximum atomic E-state index is 12.3. The lowest BCUT2D eigenvalue weighted by atomic mass is 10.2. The number of hydrogen-bond acceptors (Lipinski definition) is 5. The Kier molecular flexibility index (Phi) is 6.26. The molecular weight excluding hydrogens is 555 g/mol. The number of carbonyl (C=O) groups is 1. The van der Waals surface area contributed by atoms with Gasteiger partial charge in [-0.05, 0) is 59.0 Å². The summed E-state index contributed by atoms with van der Waals surface area (Å²) < 4.78 is 6.83. The highest BCUT2D eigenvalue weighted by molar-refractivity contribution is 14.1. The first-order chi connectivity index (χ1) is 12.4. The Morgan fingerprint density at radius 3 is 2.92 bits per heavy atom. The van der Waals surface area contributed by atoms with Crippen LogP contribution < -0.4 is 15.4 Å². The number of aromatic hydroxyl groups is 1. The molecule has 1 saturated heterocycles. The molecule has 3 rings (SSSR count). The average Bonchev–Trinajstić information content (AvgIpc) is 2.91. The number of phenols is 1. The van der Waals surface area contributed by atoms with Crippen LogP contribution in [-0.2, 0) is 4.79 Å². The maximum Gasteiger partial charge on any atom is 0.260 e. The topological polar surface area (TPSA) is 70.6 Å². The van der Waals surface area contributed by atoms with Gasteiger partial charge in [-0.2, -0.15) is 0 Å². The highest BCUT2D eigenvalue weighted by atomic mass is 127. The zero-order chi connectivity index (χ0) is 18.8. The van der Waals surface area contributed by atoms with Crippen molar-refractivity contribution in [2.24, 2.45) is 0 Å². The van der Waals surface area contributed by atoms with E-state index in [1.54, 1.807) is 43.5 Å². The highest BCUT2D eigenvalue weighted by Gasteiger charge is 2.28. The Balaban J connectivity index is 1.83. The van der Waals surface area contributed by atoms with Gasteiger partial charge in [0.2, 0.25) is 0 Å². The van der Waals surface area contributed by atoms with Crippen LogP contribution in [0, 0.1) is 3.57 Å². The highest BCUT2D eigenvalue weighted by Crippen LogP contribution is 2.36. The molecule has 9 heteroatoms. The van der Waals surface area contributed by atoms with E-state index in [0.717, 1.165) is 4.47 Å². The lowest BCUT2D eigenvalue weighted by Gasteiger charge is -2.15. The first kappa shape index (κ1) is 19.7. The van der Waals surface area contributed by atoms with Crippen molar-refractivity contribution in [2.45, 2.75) is 5.50 Å². The molecule has 136 valence electrons. The molecule has 1 amide bonds. The summed E-state index contributed by atoms with van der Waals surface area (Å²) in [4.78, 5) is 12.8. The average molecular weight is 568 g/mol. The lowest BCUT2D eigenvalue weighted by molar-refractivity contribution is -0.116. The number of nitrogens with one attached hydrogen (secondary N) is 2. The summed E-state index contributed by atoms with van der Waals surface area (Å²) in [5.74, 6) is 0.548. The van der Waals surface area contributed by atoms with Crippen LogP contribution in [-0.4, -0.2) is 23.6 Å². The monoisotopic (exact) mass is 566 g/mol. The zero-order valence-electron chi connectivity index (χ0n) is 13.3. The number of carbonyl (C=O) groups excluding carboxylic acids is 1. The molecule has 1 atom stereocenters. The SMILES string of the molecule is COc1ccc(Cl)cc1NC1NC(=O)/C(=C/c2cc(Br)cc(I)c2O)S1. The molecule has 1 heterocycles. The number of rotatable bonds is 4. The van der Waals surface area contributed by atoms with Gasteiger partial charge in [0.15, 0.2) is 5.50 Å². The molecule has 3 N–H and O–H groups in total. The largest absolute Gasteiger partial charge is 0.506 e. The minimum atomic E-state index is -0.380. The summed E-state index contributed by atoms with van der Waals surface area (Å²) in [6.45, 7) is 0. The van der Waals surface area contributed by atoms with Crippen LogP contribution in [0.5, 0.6) is 11.5 Å². The molecule has 26 heavy (non-hydrogen) atoms. The van der Waals surface area contributed by atoms with Gasteiger partial charge in [0.05, 0.1) is 21.3 Å². The smallest absolute Gasteiger partial charge is 0.260 e. The van der Waals surface area contributed by atoms with Crippen molar-refractivity contribution in [3.05, 3.63) is 53.9 Å². The number of ether oxygens (including phenoxy) is 1. The fraction of sp³-hybridized carbons (Fsp3) is 0.118. The van der Waals surface area contributed by atoms with Crippen molar-refractivity contribution in [1.29, 1.82) is 0 Å². The summed E-state index contributed by atoms with van der Waals surface area (Å²) in [6, 6.07) is 8.78. The first-order valence-electron chi connectivity index (χ1n) is 7.34. The second kappa shape index (κ2) is 8.28. The third kappa shape index (κ3) is 4.41. The molecule has 1 aliphatic heterocycles. The van der Waals surface area contributed by atoms with E-state index < -0.39 is 0 Å². The minimum absolute atomic E-state index is 0.141. The van der Waals surface area contributed by atoms with Crippen LogP contribution in [0.3, 0.4) is 0 Å². The number of amides is 1. The standard InChI is InChI=1S/C17H13BrClIN2O3S/c1-25-13-3-2-10(19)7-12(13)21-17-22-16(24)14(26-17)5-8-4-9(18)6-11(20)15(8)23/h2-7,17,21,23H,1H3,(H,22,24)/b14-5-. The van der Waals surface area contributed by atoms with E-state index in [0.29, 0.717) is 30.5 Å². The number of anilines is 1. The van der Waals surface area contributed by atoms with Crippen LogP contribution in [0.25, 0.3) is 6.08 Å². The summed E-state index contributed by atoms with van der Waals surface area (Å²) in [7, 11) is 1.57. The fourth-order valence-electron chi connectivity index (χ4n) is 2.34. The first-order valence-corrected chi connectivity index (χ1v) is 10.5. The fourth-order valence-corrected chi connectivity index (χ4v) is 5.03. The summed E-state index contributed by atoms with van der Waals surface area (Å²) >= 11 is 12.8. The van der Waals surface area contributed by atoms with Gasteiger partial charge in [0, 0.05) is 15.1 Å². The van der Waals surface area contributed by atoms with E-state index in [2.05, 4.69) is 26.6 Å². The van der Waals surface area contributed by atoms with Crippen molar-refractivity contribution in [1.82, 2.24) is 5.32 Å². The molecular formula is C17H13BrClIN2O3S. The Hall–Kier alpha value is -1.10. The molecule has 1 unspecified atom stereocenters. The predicted octanol–water partition coefficient (Wildman–Crippen LogP) is 5.02. The summed E-state index contributed by atoms with van der Waals surface area (Å²) in [5.41, 5.74) is 0.871. The molecule has 1 aliphatic rings. The molecule has 0 bridgehead atoms.